The van der Waals surface area contributed by atoms with Gasteiger partial charge in [0.1, 0.15) is 12.2 Å². The van der Waals surface area contributed by atoms with Crippen LogP contribution in [0.2, 0.25) is 5.02 Å². The van der Waals surface area contributed by atoms with Crippen LogP contribution in [0.5, 0.6) is 0 Å². The smallest absolute Gasteiger partial charge is 0.247 e. The summed E-state index contributed by atoms with van der Waals surface area (Å²) < 4.78 is 32.0. The van der Waals surface area contributed by atoms with Crippen molar-refractivity contribution in [2.24, 2.45) is 0 Å². The van der Waals surface area contributed by atoms with Crippen molar-refractivity contribution in [1.82, 2.24) is 40.1 Å². The predicted octanol–water partition coefficient (Wildman–Crippen LogP) is 4.08. The van der Waals surface area contributed by atoms with Gasteiger partial charge >= 0.3 is 0 Å². The maximum atomic E-state index is 15.4. The predicted molar refractivity (Wildman–Crippen MR) is 146 cm³/mol. The Morgan fingerprint density at radius 3 is 2.78 bits per heavy atom. The standard InChI is InChI=1S/C27H26ClF2N9O2/c1-27(2,12-40)35-26-23(29)16(7-8-31-26)18-11-32-25(34-18)20-5-3-15-9-14(10-21(41)39(15)20)22-19(38-13-33-36-37-38)6-4-17(28)24(22)30/h4,6-8,10-11,13,15,20,40H,3,5,9,12H2,1-2H3,(H,31,35)(H,32,34)/t15-,20+/m1/s1. The third-order valence-corrected chi connectivity index (χ3v) is 7.73. The van der Waals surface area contributed by atoms with E-state index >= 15 is 8.78 Å². The molecule has 3 aromatic heterocycles. The van der Waals surface area contributed by atoms with Crippen LogP contribution in [0, 0.1) is 11.6 Å². The molecule has 212 valence electrons. The molecule has 1 fully saturated rings. The number of tetrazole rings is 1. The third kappa shape index (κ3) is 4.84. The number of carbonyl (C=O) groups is 1. The van der Waals surface area contributed by atoms with Gasteiger partial charge < -0.3 is 20.3 Å². The van der Waals surface area contributed by atoms with Crippen LogP contribution in [-0.4, -0.2) is 69.3 Å². The number of rotatable bonds is 7. The number of imidazole rings is 1. The lowest BCUT2D eigenvalue weighted by Crippen LogP contribution is -2.39. The van der Waals surface area contributed by atoms with Gasteiger partial charge in [-0.2, -0.15) is 4.68 Å². The number of hydrogen-bond acceptors (Lipinski definition) is 8. The number of carbonyl (C=O) groups excluding carboxylic acids is 1. The molecule has 6 rings (SSSR count). The number of H-pyrrole nitrogens is 1. The van der Waals surface area contributed by atoms with E-state index < -0.39 is 17.2 Å². The minimum absolute atomic E-state index is 0.0109. The van der Waals surface area contributed by atoms with Crippen LogP contribution in [0.1, 0.15) is 50.5 Å². The van der Waals surface area contributed by atoms with E-state index in [0.29, 0.717) is 42.0 Å². The number of aromatic nitrogens is 7. The lowest BCUT2D eigenvalue weighted by atomic mass is 9.92. The average molecular weight is 582 g/mol. The number of nitrogens with one attached hydrogen (secondary N) is 2. The number of aliphatic hydroxyl groups is 1. The van der Waals surface area contributed by atoms with Gasteiger partial charge in [-0.05, 0) is 67.3 Å². The first-order valence-electron chi connectivity index (χ1n) is 13.0. The molecule has 14 heteroatoms. The van der Waals surface area contributed by atoms with Crippen molar-refractivity contribution < 1.29 is 18.7 Å². The Bertz CT molecular complexity index is 1650. The summed E-state index contributed by atoms with van der Waals surface area (Å²) in [7, 11) is 0. The molecular weight excluding hydrogens is 556 g/mol. The zero-order valence-corrected chi connectivity index (χ0v) is 22.9. The van der Waals surface area contributed by atoms with Crippen molar-refractivity contribution in [3.8, 4) is 16.9 Å². The molecule has 1 aromatic carbocycles. The van der Waals surface area contributed by atoms with Gasteiger partial charge in [-0.3, -0.25) is 4.79 Å². The molecule has 3 N–H and O–H groups in total. The maximum Gasteiger partial charge on any atom is 0.247 e. The van der Waals surface area contributed by atoms with Crippen LogP contribution in [0.25, 0.3) is 22.5 Å². The van der Waals surface area contributed by atoms with Crippen molar-refractivity contribution in [3.05, 3.63) is 71.0 Å². The Kier molecular flexibility index (Phi) is 6.78. The number of nitrogens with zero attached hydrogens (tertiary/aromatic N) is 7. The zero-order chi connectivity index (χ0) is 28.9. The Balaban J connectivity index is 1.29. The van der Waals surface area contributed by atoms with Crippen molar-refractivity contribution >= 4 is 28.9 Å². The van der Waals surface area contributed by atoms with Crippen molar-refractivity contribution in [2.45, 2.75) is 50.7 Å². The lowest BCUT2D eigenvalue weighted by Gasteiger charge is -2.33. The molecule has 0 saturated carbocycles. The van der Waals surface area contributed by atoms with Gasteiger partial charge in [0.05, 0.1) is 40.8 Å². The first kappa shape index (κ1) is 27.0. The number of aliphatic hydroxyl groups excluding tert-OH is 1. The number of pyridine rings is 1. The third-order valence-electron chi connectivity index (χ3n) is 7.44. The molecule has 4 aromatic rings. The summed E-state index contributed by atoms with van der Waals surface area (Å²) in [5, 5.41) is 23.5. The van der Waals surface area contributed by atoms with E-state index in [2.05, 4.69) is 35.8 Å². The van der Waals surface area contributed by atoms with Crippen LogP contribution in [0.4, 0.5) is 14.6 Å². The summed E-state index contributed by atoms with van der Waals surface area (Å²) in [6, 6.07) is 4.01. The van der Waals surface area contributed by atoms with Gasteiger partial charge in [0, 0.05) is 29.4 Å². The summed E-state index contributed by atoms with van der Waals surface area (Å²) in [4.78, 5) is 27.0. The first-order chi connectivity index (χ1) is 19.7. The highest BCUT2D eigenvalue weighted by molar-refractivity contribution is 6.31. The van der Waals surface area contributed by atoms with Gasteiger partial charge in [-0.25, -0.2) is 18.7 Å². The minimum atomic E-state index is -0.771. The summed E-state index contributed by atoms with van der Waals surface area (Å²) >= 11 is 6.11. The molecular formula is C27H26ClF2N9O2. The van der Waals surface area contributed by atoms with E-state index in [9.17, 15) is 9.90 Å². The van der Waals surface area contributed by atoms with Crippen LogP contribution < -0.4 is 5.32 Å². The second-order valence-electron chi connectivity index (χ2n) is 10.7. The second-order valence-corrected chi connectivity index (χ2v) is 11.2. The molecule has 2 aliphatic heterocycles. The summed E-state index contributed by atoms with van der Waals surface area (Å²) in [5.41, 5.74) is 0.983. The molecule has 11 nitrogen and oxygen atoms in total. The Morgan fingerprint density at radius 1 is 1.20 bits per heavy atom. The summed E-state index contributed by atoms with van der Waals surface area (Å²) in [6.45, 7) is 3.25. The van der Waals surface area contributed by atoms with Crippen molar-refractivity contribution in [2.75, 3.05) is 11.9 Å². The van der Waals surface area contributed by atoms with Gasteiger partial charge in [0.25, 0.3) is 0 Å². The molecule has 0 bridgehead atoms. The fourth-order valence-corrected chi connectivity index (χ4v) is 5.60. The van der Waals surface area contributed by atoms with E-state index in [1.54, 1.807) is 24.8 Å². The SMILES string of the molecule is CC(C)(CO)Nc1nccc(-c2cnc([C@@H]3CC[C@@H]4CC(c5c(-n6cnnn6)ccc(Cl)c5F)=CC(=O)N43)[nH]2)c1F. The monoisotopic (exact) mass is 581 g/mol. The highest BCUT2D eigenvalue weighted by atomic mass is 35.5. The molecule has 0 aliphatic carbocycles. The number of hydrogen-bond donors (Lipinski definition) is 3. The molecule has 2 atom stereocenters. The van der Waals surface area contributed by atoms with Gasteiger partial charge in [0.15, 0.2) is 17.5 Å². The highest BCUT2D eigenvalue weighted by Gasteiger charge is 2.42. The average Bonchev–Trinajstić information content (AvgIpc) is 3.72. The number of halogens is 3. The fraction of sp³-hybridized carbons (Fsp3) is 0.333. The number of fused-ring (bicyclic) bond motifs is 1. The Morgan fingerprint density at radius 2 is 2.02 bits per heavy atom. The van der Waals surface area contributed by atoms with Gasteiger partial charge in [0.2, 0.25) is 5.91 Å². The largest absolute Gasteiger partial charge is 0.394 e. The molecule has 0 spiro atoms. The number of anilines is 1. The maximum absolute atomic E-state index is 15.4. The molecule has 41 heavy (non-hydrogen) atoms. The second kappa shape index (κ2) is 10.3. The highest BCUT2D eigenvalue weighted by Crippen LogP contribution is 2.44. The molecule has 0 radical (unpaired) electrons. The molecule has 2 aliphatic rings. The van der Waals surface area contributed by atoms with Crippen LogP contribution >= 0.6 is 11.6 Å². The number of benzene rings is 1. The lowest BCUT2D eigenvalue weighted by molar-refractivity contribution is -0.129. The quantitative estimate of drug-likeness (QED) is 0.297. The number of amides is 1. The fourth-order valence-electron chi connectivity index (χ4n) is 5.45. The first-order valence-corrected chi connectivity index (χ1v) is 13.4. The summed E-state index contributed by atoms with van der Waals surface area (Å²) in [5.74, 6) is -0.981. The van der Waals surface area contributed by atoms with E-state index in [1.165, 1.54) is 41.6 Å². The van der Waals surface area contributed by atoms with Crippen molar-refractivity contribution in [1.29, 1.82) is 0 Å². The van der Waals surface area contributed by atoms with Crippen LogP contribution in [0.15, 0.2) is 43.0 Å². The van der Waals surface area contributed by atoms with Crippen molar-refractivity contribution in [3.63, 3.8) is 0 Å². The van der Waals surface area contributed by atoms with E-state index in [-0.39, 0.29) is 46.6 Å². The zero-order valence-electron chi connectivity index (χ0n) is 22.1. The van der Waals surface area contributed by atoms with E-state index in [0.717, 1.165) is 0 Å². The molecule has 5 heterocycles. The normalized spacial score (nSPS) is 18.9. The van der Waals surface area contributed by atoms with E-state index in [4.69, 9.17) is 11.6 Å². The van der Waals surface area contributed by atoms with Gasteiger partial charge in [-0.1, -0.05) is 11.6 Å². The van der Waals surface area contributed by atoms with E-state index in [1.807, 2.05) is 0 Å². The van der Waals surface area contributed by atoms with Gasteiger partial charge in [-0.15, -0.1) is 5.10 Å². The molecule has 1 saturated heterocycles. The Labute approximate surface area is 238 Å². The van der Waals surface area contributed by atoms with Crippen LogP contribution in [-0.2, 0) is 4.79 Å². The molecule has 0 unspecified atom stereocenters. The van der Waals surface area contributed by atoms with Crippen LogP contribution in [0.3, 0.4) is 0 Å². The summed E-state index contributed by atoms with van der Waals surface area (Å²) in [6.07, 6.45) is 7.46. The number of aromatic amines is 1. The Hall–Kier alpha value is -4.23. The molecule has 1 amide bonds. The minimum Gasteiger partial charge on any atom is -0.394 e. The topological polar surface area (TPSA) is 138 Å².